The Balaban J connectivity index is 2.90. The minimum absolute atomic E-state index is 0.0197. The van der Waals surface area contributed by atoms with E-state index in [1.165, 1.54) is 6.26 Å². The van der Waals surface area contributed by atoms with Gasteiger partial charge in [-0.05, 0) is 29.4 Å². The Hall–Kier alpha value is -0.520. The first-order valence-electron chi connectivity index (χ1n) is 3.89. The van der Waals surface area contributed by atoms with Gasteiger partial charge in [0.15, 0.2) is 5.75 Å². The summed E-state index contributed by atoms with van der Waals surface area (Å²) in [5, 5.41) is 0. The van der Waals surface area contributed by atoms with Crippen molar-refractivity contribution in [2.24, 2.45) is 0 Å². The predicted octanol–water partition coefficient (Wildman–Crippen LogP) is 1.59. The predicted molar refractivity (Wildman–Crippen MR) is 61.8 cm³/mol. The molecule has 5 heteroatoms. The molecule has 0 heterocycles. The lowest BCUT2D eigenvalue weighted by Crippen LogP contribution is -2.15. The Morgan fingerprint density at radius 3 is 2.79 bits per heavy atom. The van der Waals surface area contributed by atoms with Gasteiger partial charge in [0.2, 0.25) is 5.78 Å². The summed E-state index contributed by atoms with van der Waals surface area (Å²) in [4.78, 5) is 11.5. The van der Waals surface area contributed by atoms with Gasteiger partial charge >= 0.3 is 0 Å². The molecule has 1 aromatic rings. The summed E-state index contributed by atoms with van der Waals surface area (Å²) in [6, 6.07) is 5.03. The summed E-state index contributed by atoms with van der Waals surface area (Å²) in [6.45, 7) is 0. The van der Waals surface area contributed by atoms with Gasteiger partial charge in [0, 0.05) is 15.7 Å². The van der Waals surface area contributed by atoms with E-state index in [2.05, 4.69) is 15.9 Å². The molecule has 1 rings (SSSR count). The number of nitrogen functional groups attached to an aromatic ring is 1. The maximum absolute atomic E-state index is 11.5. The molecule has 1 atom stereocenters. The van der Waals surface area contributed by atoms with E-state index in [0.29, 0.717) is 11.3 Å². The molecule has 1 aromatic carbocycles. The quantitative estimate of drug-likeness (QED) is 0.518. The second kappa shape index (κ2) is 4.82. The van der Waals surface area contributed by atoms with E-state index in [1.807, 2.05) is 0 Å². The van der Waals surface area contributed by atoms with Crippen molar-refractivity contribution in [2.75, 3.05) is 17.7 Å². The van der Waals surface area contributed by atoms with Crippen molar-refractivity contribution < 1.29 is 9.35 Å². The molecule has 2 N–H and O–H groups in total. The molecular weight excluding hydrogens is 266 g/mol. The SMILES string of the molecule is C[S+]([O-])CC(=O)c1ccc(Br)cc1N. The van der Waals surface area contributed by atoms with E-state index in [9.17, 15) is 9.35 Å². The molecule has 0 aliphatic heterocycles. The maximum atomic E-state index is 11.5. The van der Waals surface area contributed by atoms with Gasteiger partial charge in [-0.15, -0.1) is 0 Å². The molecule has 0 fully saturated rings. The third kappa shape index (κ3) is 3.01. The summed E-state index contributed by atoms with van der Waals surface area (Å²) < 4.78 is 11.7. The summed E-state index contributed by atoms with van der Waals surface area (Å²) in [7, 11) is 0. The summed E-state index contributed by atoms with van der Waals surface area (Å²) in [5.74, 6) is -0.165. The van der Waals surface area contributed by atoms with E-state index in [0.717, 1.165) is 4.47 Å². The molecule has 0 spiro atoms. The van der Waals surface area contributed by atoms with Gasteiger partial charge in [0.1, 0.15) is 0 Å². The molecule has 0 amide bonds. The summed E-state index contributed by atoms with van der Waals surface area (Å²) in [6.07, 6.45) is 1.49. The van der Waals surface area contributed by atoms with E-state index < -0.39 is 11.2 Å². The minimum atomic E-state index is -1.13. The number of hydrogen-bond donors (Lipinski definition) is 1. The molecule has 0 saturated carbocycles. The van der Waals surface area contributed by atoms with Crippen molar-refractivity contribution in [3.63, 3.8) is 0 Å². The molecule has 0 radical (unpaired) electrons. The molecule has 0 aliphatic carbocycles. The molecule has 76 valence electrons. The van der Waals surface area contributed by atoms with Crippen molar-refractivity contribution in [1.29, 1.82) is 0 Å². The van der Waals surface area contributed by atoms with Crippen LogP contribution >= 0.6 is 15.9 Å². The number of halogens is 1. The number of anilines is 1. The smallest absolute Gasteiger partial charge is 0.213 e. The topological polar surface area (TPSA) is 66.1 Å². The first kappa shape index (κ1) is 11.6. The van der Waals surface area contributed by atoms with Gasteiger partial charge in [0.05, 0.1) is 6.26 Å². The fraction of sp³-hybridized carbons (Fsp3) is 0.222. The number of carbonyl (C=O) groups is 1. The first-order valence-corrected chi connectivity index (χ1v) is 6.41. The highest BCUT2D eigenvalue weighted by Gasteiger charge is 2.14. The largest absolute Gasteiger partial charge is 0.616 e. The Labute approximate surface area is 94.0 Å². The molecule has 0 bridgehead atoms. The number of hydrogen-bond acceptors (Lipinski definition) is 3. The first-order chi connectivity index (χ1) is 6.50. The Morgan fingerprint density at radius 2 is 2.29 bits per heavy atom. The highest BCUT2D eigenvalue weighted by atomic mass is 79.9. The van der Waals surface area contributed by atoms with Gasteiger partial charge in [-0.25, -0.2) is 0 Å². The number of Topliss-reactive ketones (excluding diaryl/α,β-unsaturated/α-hetero) is 1. The maximum Gasteiger partial charge on any atom is 0.213 e. The van der Waals surface area contributed by atoms with E-state index in [1.54, 1.807) is 18.2 Å². The monoisotopic (exact) mass is 275 g/mol. The summed E-state index contributed by atoms with van der Waals surface area (Å²) >= 11 is 2.12. The van der Waals surface area contributed by atoms with Gasteiger partial charge in [-0.2, -0.15) is 0 Å². The molecule has 3 nitrogen and oxygen atoms in total. The van der Waals surface area contributed by atoms with E-state index in [-0.39, 0.29) is 11.5 Å². The average Bonchev–Trinajstić information content (AvgIpc) is 2.01. The fourth-order valence-corrected chi connectivity index (χ4v) is 1.95. The van der Waals surface area contributed by atoms with Crippen molar-refractivity contribution >= 4 is 38.6 Å². The van der Waals surface area contributed by atoms with Crippen molar-refractivity contribution in [2.45, 2.75) is 0 Å². The van der Waals surface area contributed by atoms with Crippen molar-refractivity contribution in [1.82, 2.24) is 0 Å². The lowest BCUT2D eigenvalue weighted by Gasteiger charge is -2.06. The van der Waals surface area contributed by atoms with Gasteiger partial charge in [-0.3, -0.25) is 4.79 Å². The third-order valence-corrected chi connectivity index (χ3v) is 2.81. The van der Waals surface area contributed by atoms with E-state index in [4.69, 9.17) is 5.73 Å². The standard InChI is InChI=1S/C9H10BrNO2S/c1-14(13)5-9(12)7-3-2-6(10)4-8(7)11/h2-4H,5,11H2,1H3. The van der Waals surface area contributed by atoms with Crippen molar-refractivity contribution in [3.8, 4) is 0 Å². The molecular formula is C9H10BrNO2S. The Bertz CT molecular complexity index is 355. The van der Waals surface area contributed by atoms with Crippen LogP contribution in [0.1, 0.15) is 10.4 Å². The van der Waals surface area contributed by atoms with Crippen LogP contribution < -0.4 is 5.73 Å². The van der Waals surface area contributed by atoms with Crippen LogP contribution in [0.25, 0.3) is 0 Å². The number of ketones is 1. The zero-order chi connectivity index (χ0) is 10.7. The van der Waals surface area contributed by atoms with Crippen LogP contribution in [0.5, 0.6) is 0 Å². The molecule has 0 aromatic heterocycles. The summed E-state index contributed by atoms with van der Waals surface area (Å²) in [5.41, 5.74) is 6.49. The highest BCUT2D eigenvalue weighted by molar-refractivity contribution is 9.10. The third-order valence-electron chi connectivity index (χ3n) is 1.65. The highest BCUT2D eigenvalue weighted by Crippen LogP contribution is 2.19. The second-order valence-electron chi connectivity index (χ2n) is 2.87. The lowest BCUT2D eigenvalue weighted by atomic mass is 10.1. The van der Waals surface area contributed by atoms with Crippen LogP contribution in [-0.4, -0.2) is 22.3 Å². The van der Waals surface area contributed by atoms with Crippen LogP contribution in [0.3, 0.4) is 0 Å². The van der Waals surface area contributed by atoms with Crippen molar-refractivity contribution in [3.05, 3.63) is 28.2 Å². The van der Waals surface area contributed by atoms with Crippen LogP contribution in [0, 0.1) is 0 Å². The fourth-order valence-electron chi connectivity index (χ4n) is 1.05. The van der Waals surface area contributed by atoms with Gasteiger partial charge < -0.3 is 10.3 Å². The van der Waals surface area contributed by atoms with Gasteiger partial charge in [-0.1, -0.05) is 15.9 Å². The zero-order valence-electron chi connectivity index (χ0n) is 7.62. The molecule has 0 aliphatic rings. The molecule has 0 saturated heterocycles. The zero-order valence-corrected chi connectivity index (χ0v) is 10.0. The van der Waals surface area contributed by atoms with Crippen LogP contribution in [0.4, 0.5) is 5.69 Å². The normalized spacial score (nSPS) is 12.5. The Morgan fingerprint density at radius 1 is 1.64 bits per heavy atom. The number of nitrogens with two attached hydrogens (primary N) is 1. The minimum Gasteiger partial charge on any atom is -0.616 e. The lowest BCUT2D eigenvalue weighted by molar-refractivity contribution is 0.102. The Kier molecular flexibility index (Phi) is 3.97. The number of rotatable bonds is 3. The number of carbonyl (C=O) groups excluding carboxylic acids is 1. The molecule has 1 unspecified atom stereocenters. The number of benzene rings is 1. The molecule has 14 heavy (non-hydrogen) atoms. The second-order valence-corrected chi connectivity index (χ2v) is 5.22. The van der Waals surface area contributed by atoms with Crippen LogP contribution in [0.15, 0.2) is 22.7 Å². The van der Waals surface area contributed by atoms with Gasteiger partial charge in [0.25, 0.3) is 0 Å². The van der Waals surface area contributed by atoms with Crippen LogP contribution in [0.2, 0.25) is 0 Å². The average molecular weight is 276 g/mol. The van der Waals surface area contributed by atoms with E-state index >= 15 is 0 Å². The van der Waals surface area contributed by atoms with Crippen LogP contribution in [-0.2, 0) is 11.2 Å².